The van der Waals surface area contributed by atoms with Crippen LogP contribution in [-0.2, 0) is 17.8 Å². The summed E-state index contributed by atoms with van der Waals surface area (Å²) in [6, 6.07) is 11.9. The van der Waals surface area contributed by atoms with E-state index in [4.69, 9.17) is 4.74 Å². The normalized spacial score (nSPS) is 12.0. The molecule has 148 valence electrons. The number of hydrogen-bond donors (Lipinski definition) is 1. The average Bonchev–Trinajstić information content (AvgIpc) is 3.37. The van der Waals surface area contributed by atoms with Gasteiger partial charge in [0.2, 0.25) is 5.91 Å². The molecule has 2 aromatic heterocycles. The van der Waals surface area contributed by atoms with Gasteiger partial charge in [-0.1, -0.05) is 30.0 Å². The first-order chi connectivity index (χ1) is 13.6. The molecule has 1 amide bonds. The molecule has 0 spiro atoms. The molecule has 3 aromatic rings. The fourth-order valence-electron chi connectivity index (χ4n) is 2.73. The molecule has 1 atom stereocenters. The average molecular weight is 417 g/mol. The van der Waals surface area contributed by atoms with Crippen LogP contribution in [0.15, 0.2) is 46.9 Å². The molecule has 0 unspecified atom stereocenters. The number of benzene rings is 1. The van der Waals surface area contributed by atoms with E-state index < -0.39 is 0 Å². The lowest BCUT2D eigenvalue weighted by Crippen LogP contribution is -2.32. The van der Waals surface area contributed by atoms with Gasteiger partial charge >= 0.3 is 0 Å². The van der Waals surface area contributed by atoms with Crippen molar-refractivity contribution in [2.75, 3.05) is 13.7 Å². The summed E-state index contributed by atoms with van der Waals surface area (Å²) in [6.45, 7) is 5.31. The van der Waals surface area contributed by atoms with Crippen molar-refractivity contribution in [2.24, 2.45) is 0 Å². The van der Waals surface area contributed by atoms with E-state index in [1.807, 2.05) is 48.7 Å². The van der Waals surface area contributed by atoms with Gasteiger partial charge in [0.15, 0.2) is 11.0 Å². The van der Waals surface area contributed by atoms with Gasteiger partial charge < -0.3 is 14.6 Å². The number of carbonyl (C=O) groups is 1. The Hall–Kier alpha value is -2.32. The smallest absolute Gasteiger partial charge is 0.233 e. The van der Waals surface area contributed by atoms with Gasteiger partial charge in [-0.15, -0.1) is 21.5 Å². The molecular formula is C20H24N4O2S2. The van der Waals surface area contributed by atoms with Gasteiger partial charge in [-0.3, -0.25) is 4.79 Å². The Bertz CT molecular complexity index is 892. The molecule has 8 heteroatoms. The SMILES string of the molecule is CCn1c(S[C@H](C)C(=O)NCCc2ccc(OC)cc2)nnc1-c1cccs1. The largest absolute Gasteiger partial charge is 0.497 e. The number of amides is 1. The number of hydrogen-bond acceptors (Lipinski definition) is 6. The summed E-state index contributed by atoms with van der Waals surface area (Å²) >= 11 is 3.07. The number of nitrogens with zero attached hydrogens (tertiary/aromatic N) is 3. The highest BCUT2D eigenvalue weighted by molar-refractivity contribution is 8.00. The van der Waals surface area contributed by atoms with Crippen molar-refractivity contribution in [1.82, 2.24) is 20.1 Å². The van der Waals surface area contributed by atoms with Crippen molar-refractivity contribution in [1.29, 1.82) is 0 Å². The number of thioether (sulfide) groups is 1. The second kappa shape index (κ2) is 9.75. The zero-order valence-electron chi connectivity index (χ0n) is 16.2. The first-order valence-corrected chi connectivity index (χ1v) is 10.9. The fourth-order valence-corrected chi connectivity index (χ4v) is 4.38. The highest BCUT2D eigenvalue weighted by atomic mass is 32.2. The van der Waals surface area contributed by atoms with Crippen LogP contribution in [0.3, 0.4) is 0 Å². The van der Waals surface area contributed by atoms with Crippen molar-refractivity contribution in [3.8, 4) is 16.5 Å². The molecule has 0 fully saturated rings. The minimum atomic E-state index is -0.249. The zero-order chi connectivity index (χ0) is 19.9. The molecule has 1 N–H and O–H groups in total. The van der Waals surface area contributed by atoms with Crippen molar-refractivity contribution in [3.05, 3.63) is 47.3 Å². The Labute approximate surface area is 173 Å². The van der Waals surface area contributed by atoms with Gasteiger partial charge in [-0.2, -0.15) is 0 Å². The second-order valence-electron chi connectivity index (χ2n) is 6.18. The summed E-state index contributed by atoms with van der Waals surface area (Å²) in [5.41, 5.74) is 1.16. The van der Waals surface area contributed by atoms with Gasteiger partial charge in [0.1, 0.15) is 5.75 Å². The van der Waals surface area contributed by atoms with Gasteiger partial charge in [-0.05, 0) is 49.4 Å². The maximum Gasteiger partial charge on any atom is 0.233 e. The Balaban J connectivity index is 1.54. The van der Waals surface area contributed by atoms with Crippen LogP contribution in [0.5, 0.6) is 5.75 Å². The number of nitrogens with one attached hydrogen (secondary N) is 1. The Morgan fingerprint density at radius 2 is 2.07 bits per heavy atom. The minimum Gasteiger partial charge on any atom is -0.497 e. The summed E-state index contributed by atoms with van der Waals surface area (Å²) in [6.07, 6.45) is 0.779. The first kappa shape index (κ1) is 20.4. The second-order valence-corrected chi connectivity index (χ2v) is 8.43. The lowest BCUT2D eigenvalue weighted by molar-refractivity contribution is -0.120. The Morgan fingerprint density at radius 1 is 1.29 bits per heavy atom. The third-order valence-electron chi connectivity index (χ3n) is 4.30. The predicted octanol–water partition coefficient (Wildman–Crippen LogP) is 3.87. The number of thiophene rings is 1. The van der Waals surface area contributed by atoms with Crippen molar-refractivity contribution < 1.29 is 9.53 Å². The summed E-state index contributed by atoms with van der Waals surface area (Å²) in [7, 11) is 1.65. The molecule has 0 aliphatic carbocycles. The van der Waals surface area contributed by atoms with Crippen LogP contribution in [0.2, 0.25) is 0 Å². The number of ether oxygens (including phenoxy) is 1. The lowest BCUT2D eigenvalue weighted by atomic mass is 10.1. The van der Waals surface area contributed by atoms with E-state index in [1.54, 1.807) is 18.4 Å². The van der Waals surface area contributed by atoms with Gasteiger partial charge in [0, 0.05) is 13.1 Å². The number of rotatable bonds is 9. The molecule has 0 bridgehead atoms. The molecule has 3 rings (SSSR count). The predicted molar refractivity (Wildman–Crippen MR) is 114 cm³/mol. The molecule has 2 heterocycles. The van der Waals surface area contributed by atoms with Crippen LogP contribution in [0, 0.1) is 0 Å². The van der Waals surface area contributed by atoms with Crippen molar-refractivity contribution >= 4 is 29.0 Å². The minimum absolute atomic E-state index is 0.00170. The molecule has 0 saturated heterocycles. The molecule has 28 heavy (non-hydrogen) atoms. The highest BCUT2D eigenvalue weighted by Gasteiger charge is 2.20. The molecule has 0 aliphatic rings. The summed E-state index contributed by atoms with van der Waals surface area (Å²) < 4.78 is 7.21. The molecule has 6 nitrogen and oxygen atoms in total. The number of methoxy groups -OCH3 is 1. The van der Waals surface area contributed by atoms with Crippen LogP contribution in [0.25, 0.3) is 10.7 Å². The van der Waals surface area contributed by atoms with Crippen LogP contribution in [0.1, 0.15) is 19.4 Å². The van der Waals surface area contributed by atoms with E-state index in [2.05, 4.69) is 27.0 Å². The monoisotopic (exact) mass is 416 g/mol. The van der Waals surface area contributed by atoms with E-state index >= 15 is 0 Å². The van der Waals surface area contributed by atoms with Gasteiger partial charge in [-0.25, -0.2) is 0 Å². The summed E-state index contributed by atoms with van der Waals surface area (Å²) in [5, 5.41) is 14.2. The van der Waals surface area contributed by atoms with E-state index in [0.717, 1.165) is 40.1 Å². The number of aromatic nitrogens is 3. The number of carbonyl (C=O) groups excluding carboxylic acids is 1. The molecule has 0 radical (unpaired) electrons. The summed E-state index contributed by atoms with van der Waals surface area (Å²) in [4.78, 5) is 13.5. The zero-order valence-corrected chi connectivity index (χ0v) is 17.8. The fraction of sp³-hybridized carbons (Fsp3) is 0.350. The van der Waals surface area contributed by atoms with E-state index in [-0.39, 0.29) is 11.2 Å². The third-order valence-corrected chi connectivity index (χ3v) is 6.24. The Morgan fingerprint density at radius 3 is 2.71 bits per heavy atom. The highest BCUT2D eigenvalue weighted by Crippen LogP contribution is 2.29. The van der Waals surface area contributed by atoms with E-state index in [9.17, 15) is 4.79 Å². The van der Waals surface area contributed by atoms with Crippen molar-refractivity contribution in [3.63, 3.8) is 0 Å². The van der Waals surface area contributed by atoms with E-state index in [0.29, 0.717) is 6.54 Å². The van der Waals surface area contributed by atoms with Crippen LogP contribution in [-0.4, -0.2) is 39.6 Å². The third kappa shape index (κ3) is 4.94. The van der Waals surface area contributed by atoms with Gasteiger partial charge in [0.05, 0.1) is 17.2 Å². The van der Waals surface area contributed by atoms with Crippen LogP contribution in [0.4, 0.5) is 0 Å². The molecule has 0 aliphatic heterocycles. The van der Waals surface area contributed by atoms with Crippen LogP contribution >= 0.6 is 23.1 Å². The Kier molecular flexibility index (Phi) is 7.11. The van der Waals surface area contributed by atoms with E-state index in [1.165, 1.54) is 11.8 Å². The first-order valence-electron chi connectivity index (χ1n) is 9.16. The molecule has 0 saturated carbocycles. The molecule has 1 aromatic carbocycles. The maximum absolute atomic E-state index is 12.5. The van der Waals surface area contributed by atoms with Crippen molar-refractivity contribution in [2.45, 2.75) is 37.2 Å². The topological polar surface area (TPSA) is 69.0 Å². The summed E-state index contributed by atoms with van der Waals surface area (Å²) in [5.74, 6) is 1.69. The van der Waals surface area contributed by atoms with Gasteiger partial charge in [0.25, 0.3) is 0 Å². The quantitative estimate of drug-likeness (QED) is 0.536. The van der Waals surface area contributed by atoms with Crippen LogP contribution < -0.4 is 10.1 Å². The lowest BCUT2D eigenvalue weighted by Gasteiger charge is -2.12. The molecular weight excluding hydrogens is 392 g/mol. The standard InChI is InChI=1S/C20H24N4O2S2/c1-4-24-18(17-6-5-13-27-17)22-23-20(24)28-14(2)19(25)21-12-11-15-7-9-16(26-3)10-8-15/h5-10,13-14H,4,11-12H2,1-3H3,(H,21,25)/t14-/m1/s1. The maximum atomic E-state index is 12.5.